The maximum absolute atomic E-state index is 12.7. The summed E-state index contributed by atoms with van der Waals surface area (Å²) in [5.41, 5.74) is 1.76. The number of furan rings is 1. The van der Waals surface area contributed by atoms with E-state index in [1.54, 1.807) is 54.6 Å². The first-order valence-electron chi connectivity index (χ1n) is 9.38. The van der Waals surface area contributed by atoms with Crippen LogP contribution in [0.4, 0.5) is 4.79 Å². The average molecular weight is 418 g/mol. The number of nitrogens with one attached hydrogen (secondary N) is 2. The first-order valence-corrected chi connectivity index (χ1v) is 9.38. The van der Waals surface area contributed by atoms with Crippen molar-refractivity contribution in [2.75, 3.05) is 7.11 Å². The Balaban J connectivity index is 1.74. The highest BCUT2D eigenvalue weighted by Crippen LogP contribution is 2.33. The van der Waals surface area contributed by atoms with Gasteiger partial charge >= 0.3 is 18.0 Å². The van der Waals surface area contributed by atoms with E-state index in [4.69, 9.17) is 13.9 Å². The summed E-state index contributed by atoms with van der Waals surface area (Å²) in [5.74, 6) is -0.973. The Bertz CT molecular complexity index is 1150. The molecule has 0 spiro atoms. The van der Waals surface area contributed by atoms with Crippen molar-refractivity contribution in [3.63, 3.8) is 0 Å². The van der Waals surface area contributed by atoms with Gasteiger partial charge in [-0.15, -0.1) is 0 Å². The molecular weight excluding hydrogens is 400 g/mol. The van der Waals surface area contributed by atoms with Gasteiger partial charge in [0.25, 0.3) is 0 Å². The Morgan fingerprint density at radius 1 is 0.968 bits per heavy atom. The molecule has 3 aromatic rings. The first-order chi connectivity index (χ1) is 15.1. The van der Waals surface area contributed by atoms with Crippen molar-refractivity contribution in [2.24, 2.45) is 0 Å². The van der Waals surface area contributed by atoms with Crippen LogP contribution in [0.2, 0.25) is 0 Å². The monoisotopic (exact) mass is 418 g/mol. The van der Waals surface area contributed by atoms with Gasteiger partial charge in [0.15, 0.2) is 0 Å². The first kappa shape index (κ1) is 20.0. The van der Waals surface area contributed by atoms with Gasteiger partial charge in [0.1, 0.15) is 5.75 Å². The summed E-state index contributed by atoms with van der Waals surface area (Å²) in [7, 11) is 1.27. The molecule has 2 N–H and O–H groups in total. The van der Waals surface area contributed by atoms with E-state index >= 15 is 0 Å². The fourth-order valence-corrected chi connectivity index (χ4v) is 3.29. The maximum atomic E-state index is 12.7. The molecule has 8 heteroatoms. The summed E-state index contributed by atoms with van der Waals surface area (Å²) < 4.78 is 15.4. The number of rotatable bonds is 5. The molecule has 1 aliphatic rings. The van der Waals surface area contributed by atoms with Crippen molar-refractivity contribution in [3.8, 4) is 5.75 Å². The molecular formula is C23H18N2O6. The van der Waals surface area contributed by atoms with Gasteiger partial charge in [-0.2, -0.15) is 0 Å². The fraction of sp³-hybridized carbons (Fsp3) is 0.0870. The Kier molecular flexibility index (Phi) is 5.53. The topological polar surface area (TPSA) is 107 Å². The molecule has 2 amide bonds. The lowest BCUT2D eigenvalue weighted by Gasteiger charge is -2.29. The smallest absolute Gasteiger partial charge is 0.379 e. The molecule has 4 rings (SSSR count). The largest absolute Gasteiger partial charge is 0.466 e. The summed E-state index contributed by atoms with van der Waals surface area (Å²) in [6, 6.07) is 17.3. The Hall–Kier alpha value is -4.33. The highest BCUT2D eigenvalue weighted by molar-refractivity contribution is 6.04. The molecule has 0 bridgehead atoms. The number of hydrogen-bond donors (Lipinski definition) is 2. The van der Waals surface area contributed by atoms with Crippen LogP contribution in [-0.2, 0) is 9.53 Å². The van der Waals surface area contributed by atoms with E-state index in [1.807, 2.05) is 6.07 Å². The molecule has 1 aromatic heterocycles. The van der Waals surface area contributed by atoms with Gasteiger partial charge in [0.2, 0.25) is 5.76 Å². The second-order valence-electron chi connectivity index (χ2n) is 6.62. The molecule has 156 valence electrons. The summed E-state index contributed by atoms with van der Waals surface area (Å²) in [4.78, 5) is 37.3. The van der Waals surface area contributed by atoms with Gasteiger partial charge in [0, 0.05) is 0 Å². The molecule has 8 nitrogen and oxygen atoms in total. The fourth-order valence-electron chi connectivity index (χ4n) is 3.29. The number of benzene rings is 2. The number of hydrogen-bond acceptors (Lipinski definition) is 6. The number of carbonyl (C=O) groups excluding carboxylic acids is 3. The lowest BCUT2D eigenvalue weighted by atomic mass is 9.92. The highest BCUT2D eigenvalue weighted by Gasteiger charge is 2.34. The maximum Gasteiger partial charge on any atom is 0.379 e. The Labute approximate surface area is 177 Å². The number of methoxy groups -OCH3 is 1. The number of esters is 2. The van der Waals surface area contributed by atoms with Crippen molar-refractivity contribution < 1.29 is 28.3 Å². The van der Waals surface area contributed by atoms with E-state index in [0.29, 0.717) is 16.8 Å². The number of urea groups is 1. The second kappa shape index (κ2) is 8.58. The molecule has 1 unspecified atom stereocenters. The van der Waals surface area contributed by atoms with Crippen molar-refractivity contribution in [1.82, 2.24) is 10.6 Å². The third-order valence-corrected chi connectivity index (χ3v) is 4.66. The van der Waals surface area contributed by atoms with Crippen molar-refractivity contribution in [3.05, 3.63) is 95.5 Å². The number of ether oxygens (including phenoxy) is 2. The van der Waals surface area contributed by atoms with Crippen molar-refractivity contribution in [1.29, 1.82) is 0 Å². The molecule has 0 fully saturated rings. The Morgan fingerprint density at radius 3 is 2.48 bits per heavy atom. The molecule has 31 heavy (non-hydrogen) atoms. The number of carbonyl (C=O) groups is 3. The normalized spacial score (nSPS) is 15.6. The molecule has 0 saturated heterocycles. The van der Waals surface area contributed by atoms with Gasteiger partial charge in [-0.05, 0) is 35.4 Å². The third kappa shape index (κ3) is 4.18. The van der Waals surface area contributed by atoms with E-state index in [-0.39, 0.29) is 17.1 Å². The third-order valence-electron chi connectivity index (χ3n) is 4.66. The van der Waals surface area contributed by atoms with Crippen LogP contribution >= 0.6 is 0 Å². The average Bonchev–Trinajstić information content (AvgIpc) is 3.34. The zero-order valence-corrected chi connectivity index (χ0v) is 16.5. The lowest BCUT2D eigenvalue weighted by Crippen LogP contribution is -2.45. The van der Waals surface area contributed by atoms with Crippen LogP contribution in [0.25, 0.3) is 5.70 Å². The summed E-state index contributed by atoms with van der Waals surface area (Å²) >= 11 is 0. The quantitative estimate of drug-likeness (QED) is 0.486. The van der Waals surface area contributed by atoms with Crippen LogP contribution in [0.1, 0.15) is 27.7 Å². The minimum absolute atomic E-state index is 0.0575. The SMILES string of the molecule is COC(=O)C1=C(c2ccccc2)NC(=O)NC1c1cccc(OC(=O)c2ccco2)c1. The van der Waals surface area contributed by atoms with E-state index < -0.39 is 24.0 Å². The molecule has 1 aliphatic heterocycles. The van der Waals surface area contributed by atoms with Crippen LogP contribution in [0.15, 0.2) is 83.0 Å². The van der Waals surface area contributed by atoms with Crippen LogP contribution in [0.3, 0.4) is 0 Å². The van der Waals surface area contributed by atoms with Crippen LogP contribution in [-0.4, -0.2) is 25.1 Å². The van der Waals surface area contributed by atoms with Crippen LogP contribution < -0.4 is 15.4 Å². The second-order valence-corrected chi connectivity index (χ2v) is 6.62. The van der Waals surface area contributed by atoms with E-state index in [0.717, 1.165) is 0 Å². The molecule has 0 radical (unpaired) electrons. The van der Waals surface area contributed by atoms with Gasteiger partial charge in [0.05, 0.1) is 30.7 Å². The minimum Gasteiger partial charge on any atom is -0.466 e. The van der Waals surface area contributed by atoms with Gasteiger partial charge < -0.3 is 24.5 Å². The van der Waals surface area contributed by atoms with Crippen molar-refractivity contribution >= 4 is 23.7 Å². The van der Waals surface area contributed by atoms with Crippen LogP contribution in [0.5, 0.6) is 5.75 Å². The molecule has 2 aromatic carbocycles. The zero-order valence-electron chi connectivity index (χ0n) is 16.5. The van der Waals surface area contributed by atoms with Gasteiger partial charge in [-0.3, -0.25) is 0 Å². The zero-order chi connectivity index (χ0) is 21.8. The standard InChI is InChI=1S/C23H18N2O6/c1-29-22(27)18-19(14-7-3-2-4-8-14)24-23(28)25-20(18)15-9-5-10-16(13-15)31-21(26)17-11-6-12-30-17/h2-13,20H,1H3,(H2,24,25,28). The van der Waals surface area contributed by atoms with Crippen LogP contribution in [0, 0.1) is 0 Å². The summed E-state index contributed by atoms with van der Waals surface area (Å²) in [6.07, 6.45) is 1.37. The van der Waals surface area contributed by atoms with E-state index in [1.165, 1.54) is 19.4 Å². The highest BCUT2D eigenvalue weighted by atomic mass is 16.5. The van der Waals surface area contributed by atoms with Gasteiger partial charge in [-0.1, -0.05) is 42.5 Å². The molecule has 2 heterocycles. The van der Waals surface area contributed by atoms with Gasteiger partial charge in [-0.25, -0.2) is 14.4 Å². The molecule has 0 aliphatic carbocycles. The minimum atomic E-state index is -0.821. The van der Waals surface area contributed by atoms with Crippen molar-refractivity contribution in [2.45, 2.75) is 6.04 Å². The summed E-state index contributed by atoms with van der Waals surface area (Å²) in [5, 5.41) is 5.43. The predicted molar refractivity (Wildman–Crippen MR) is 110 cm³/mol. The lowest BCUT2D eigenvalue weighted by molar-refractivity contribution is -0.136. The summed E-state index contributed by atoms with van der Waals surface area (Å²) in [6.45, 7) is 0. The Morgan fingerprint density at radius 2 is 1.77 bits per heavy atom. The predicted octanol–water partition coefficient (Wildman–Crippen LogP) is 3.44. The van der Waals surface area contributed by atoms with E-state index in [2.05, 4.69) is 10.6 Å². The molecule has 0 saturated carbocycles. The van der Waals surface area contributed by atoms with E-state index in [9.17, 15) is 14.4 Å². The molecule has 1 atom stereocenters. The number of amides is 2.